The quantitative estimate of drug-likeness (QED) is 0.879. The van der Waals surface area contributed by atoms with Crippen LogP contribution >= 0.6 is 11.3 Å². The predicted octanol–water partition coefficient (Wildman–Crippen LogP) is 3.36. The van der Waals surface area contributed by atoms with Crippen molar-refractivity contribution in [3.05, 3.63) is 21.4 Å². The summed E-state index contributed by atoms with van der Waals surface area (Å²) >= 11 is 1.91. The van der Waals surface area contributed by atoms with Gasteiger partial charge >= 0.3 is 0 Å². The van der Waals surface area contributed by atoms with Crippen molar-refractivity contribution in [3.8, 4) is 0 Å². The molecule has 1 N–H and O–H groups in total. The van der Waals surface area contributed by atoms with Crippen LogP contribution in [-0.4, -0.2) is 31.1 Å². The monoisotopic (exact) mass is 266 g/mol. The van der Waals surface area contributed by atoms with Crippen LogP contribution in [0.15, 0.2) is 6.07 Å². The molecule has 18 heavy (non-hydrogen) atoms. The van der Waals surface area contributed by atoms with Crippen LogP contribution in [0.25, 0.3) is 0 Å². The fourth-order valence-electron chi connectivity index (χ4n) is 2.90. The molecule has 1 aliphatic heterocycles. The summed E-state index contributed by atoms with van der Waals surface area (Å²) in [6.07, 6.45) is 1.36. The molecule has 2 unspecified atom stereocenters. The van der Waals surface area contributed by atoms with Crippen molar-refractivity contribution >= 4 is 11.3 Å². The summed E-state index contributed by atoms with van der Waals surface area (Å²) in [6.45, 7) is 13.9. The molecule has 0 aliphatic carbocycles. The van der Waals surface area contributed by atoms with E-state index in [2.05, 4.69) is 44.0 Å². The third kappa shape index (κ3) is 3.34. The Morgan fingerprint density at radius 1 is 1.50 bits per heavy atom. The number of thiophene rings is 1. The Labute approximate surface area is 115 Å². The highest BCUT2D eigenvalue weighted by atomic mass is 32.1. The van der Waals surface area contributed by atoms with Gasteiger partial charge in [-0.25, -0.2) is 0 Å². The van der Waals surface area contributed by atoms with Crippen molar-refractivity contribution in [3.63, 3.8) is 0 Å². The first-order valence-electron chi connectivity index (χ1n) is 7.12. The largest absolute Gasteiger partial charge is 0.310 e. The maximum absolute atomic E-state index is 3.72. The molecule has 1 fully saturated rings. The normalized spacial score (nSPS) is 22.6. The smallest absolute Gasteiger partial charge is 0.0302 e. The number of likely N-dealkylation sites (tertiary alicyclic amines) is 1. The number of aryl methyl sites for hydroxylation is 2. The first kappa shape index (κ1) is 14.0. The first-order valence-corrected chi connectivity index (χ1v) is 7.94. The van der Waals surface area contributed by atoms with E-state index in [1.165, 1.54) is 41.4 Å². The molecule has 102 valence electrons. The average molecular weight is 266 g/mol. The van der Waals surface area contributed by atoms with E-state index in [1.54, 1.807) is 0 Å². The van der Waals surface area contributed by atoms with Crippen LogP contribution in [0.2, 0.25) is 0 Å². The van der Waals surface area contributed by atoms with Crippen LogP contribution in [-0.2, 0) is 0 Å². The molecule has 1 aromatic rings. The molecule has 0 saturated carbocycles. The number of hydrogen-bond acceptors (Lipinski definition) is 3. The number of nitrogens with one attached hydrogen (secondary N) is 1. The zero-order chi connectivity index (χ0) is 13.1. The topological polar surface area (TPSA) is 15.3 Å². The Kier molecular flexibility index (Phi) is 4.82. The van der Waals surface area contributed by atoms with Crippen LogP contribution in [0, 0.1) is 19.8 Å². The molecule has 0 bridgehead atoms. The minimum absolute atomic E-state index is 0.491. The van der Waals surface area contributed by atoms with E-state index in [9.17, 15) is 0 Å². The average Bonchev–Trinajstić information content (AvgIpc) is 2.92. The lowest BCUT2D eigenvalue weighted by molar-refractivity contribution is 0.336. The maximum Gasteiger partial charge on any atom is 0.0302 e. The van der Waals surface area contributed by atoms with E-state index in [-0.39, 0.29) is 0 Å². The van der Waals surface area contributed by atoms with Gasteiger partial charge in [-0.2, -0.15) is 0 Å². The molecule has 2 rings (SSSR count). The molecule has 0 radical (unpaired) electrons. The molecule has 2 atom stereocenters. The highest BCUT2D eigenvalue weighted by Crippen LogP contribution is 2.26. The molecule has 2 heterocycles. The highest BCUT2D eigenvalue weighted by molar-refractivity contribution is 7.12. The molecule has 1 aromatic heterocycles. The standard InChI is InChI=1S/C15H26N2S/c1-5-17-7-6-14(10-17)9-16-12(3)15-8-11(2)18-13(15)4/h8,12,14,16H,5-7,9-10H2,1-4H3. The number of hydrogen-bond donors (Lipinski definition) is 1. The van der Waals surface area contributed by atoms with Gasteiger partial charge in [-0.1, -0.05) is 6.92 Å². The van der Waals surface area contributed by atoms with E-state index in [4.69, 9.17) is 0 Å². The second kappa shape index (κ2) is 6.18. The molecular formula is C15H26N2S. The van der Waals surface area contributed by atoms with Gasteiger partial charge in [0.15, 0.2) is 0 Å². The Balaban J connectivity index is 1.82. The Hall–Kier alpha value is -0.380. The number of nitrogens with zero attached hydrogens (tertiary/aromatic N) is 1. The summed E-state index contributed by atoms with van der Waals surface area (Å²) < 4.78 is 0. The van der Waals surface area contributed by atoms with Gasteiger partial charge in [0.2, 0.25) is 0 Å². The third-order valence-corrected chi connectivity index (χ3v) is 5.06. The fraction of sp³-hybridized carbons (Fsp3) is 0.733. The lowest BCUT2D eigenvalue weighted by Gasteiger charge is -2.18. The number of rotatable bonds is 5. The summed E-state index contributed by atoms with van der Waals surface area (Å²) in [5, 5.41) is 3.72. The zero-order valence-electron chi connectivity index (χ0n) is 12.1. The van der Waals surface area contributed by atoms with Crippen molar-refractivity contribution in [2.24, 2.45) is 5.92 Å². The third-order valence-electron chi connectivity index (χ3n) is 4.08. The van der Waals surface area contributed by atoms with Gasteiger partial charge in [-0.3, -0.25) is 0 Å². The van der Waals surface area contributed by atoms with Gasteiger partial charge < -0.3 is 10.2 Å². The van der Waals surface area contributed by atoms with Gasteiger partial charge in [0.1, 0.15) is 0 Å². The second-order valence-corrected chi connectivity index (χ2v) is 7.01. The zero-order valence-corrected chi connectivity index (χ0v) is 12.9. The molecule has 0 aromatic carbocycles. The van der Waals surface area contributed by atoms with Gasteiger partial charge in [-0.15, -0.1) is 11.3 Å². The van der Waals surface area contributed by atoms with Gasteiger partial charge in [0.25, 0.3) is 0 Å². The summed E-state index contributed by atoms with van der Waals surface area (Å²) in [5.74, 6) is 0.840. The van der Waals surface area contributed by atoms with Crippen LogP contribution in [0.1, 0.15) is 41.6 Å². The van der Waals surface area contributed by atoms with E-state index < -0.39 is 0 Å². The summed E-state index contributed by atoms with van der Waals surface area (Å²) in [6, 6.07) is 2.83. The van der Waals surface area contributed by atoms with Crippen molar-refractivity contribution < 1.29 is 0 Å². The molecule has 0 spiro atoms. The minimum Gasteiger partial charge on any atom is -0.310 e. The molecule has 0 amide bonds. The van der Waals surface area contributed by atoms with Crippen molar-refractivity contribution in [1.29, 1.82) is 0 Å². The van der Waals surface area contributed by atoms with Crippen molar-refractivity contribution in [2.75, 3.05) is 26.2 Å². The van der Waals surface area contributed by atoms with E-state index in [1.807, 2.05) is 11.3 Å². The van der Waals surface area contributed by atoms with Gasteiger partial charge in [-0.05, 0) is 64.4 Å². The molecule has 1 aliphatic rings. The lowest BCUT2D eigenvalue weighted by atomic mass is 10.1. The van der Waals surface area contributed by atoms with Gasteiger partial charge in [0, 0.05) is 22.3 Å². The fourth-order valence-corrected chi connectivity index (χ4v) is 3.92. The Morgan fingerprint density at radius 2 is 2.28 bits per heavy atom. The second-order valence-electron chi connectivity index (χ2n) is 5.55. The van der Waals surface area contributed by atoms with Gasteiger partial charge in [0.05, 0.1) is 0 Å². The van der Waals surface area contributed by atoms with E-state index in [0.29, 0.717) is 6.04 Å². The SMILES string of the molecule is CCN1CCC(CNC(C)c2cc(C)sc2C)C1. The van der Waals surface area contributed by atoms with Crippen LogP contribution in [0.3, 0.4) is 0 Å². The first-order chi connectivity index (χ1) is 8.60. The van der Waals surface area contributed by atoms with Crippen LogP contribution < -0.4 is 5.32 Å². The minimum atomic E-state index is 0.491. The lowest BCUT2D eigenvalue weighted by Crippen LogP contribution is -2.28. The highest BCUT2D eigenvalue weighted by Gasteiger charge is 2.21. The Morgan fingerprint density at radius 3 is 2.83 bits per heavy atom. The predicted molar refractivity (Wildman–Crippen MR) is 80.4 cm³/mol. The van der Waals surface area contributed by atoms with Crippen LogP contribution in [0.4, 0.5) is 0 Å². The molecule has 3 heteroatoms. The molecule has 1 saturated heterocycles. The Bertz CT molecular complexity index is 386. The maximum atomic E-state index is 3.72. The summed E-state index contributed by atoms with van der Waals surface area (Å²) in [4.78, 5) is 5.44. The van der Waals surface area contributed by atoms with Crippen molar-refractivity contribution in [1.82, 2.24) is 10.2 Å². The van der Waals surface area contributed by atoms with E-state index >= 15 is 0 Å². The molecular weight excluding hydrogens is 240 g/mol. The summed E-state index contributed by atoms with van der Waals surface area (Å²) in [5.41, 5.74) is 1.49. The van der Waals surface area contributed by atoms with E-state index in [0.717, 1.165) is 12.5 Å². The van der Waals surface area contributed by atoms with Crippen molar-refractivity contribution in [2.45, 2.75) is 40.2 Å². The van der Waals surface area contributed by atoms with Crippen LogP contribution in [0.5, 0.6) is 0 Å². The summed E-state index contributed by atoms with van der Waals surface area (Å²) in [7, 11) is 0. The molecule has 2 nitrogen and oxygen atoms in total.